The lowest BCUT2D eigenvalue weighted by molar-refractivity contribution is -0.192. The van der Waals surface area contributed by atoms with Crippen LogP contribution < -0.4 is 4.31 Å². The number of carboxylic acid groups (broad SMARTS) is 1. The number of anilines is 1. The summed E-state index contributed by atoms with van der Waals surface area (Å²) in [6, 6.07) is 10.4. The Balaban J connectivity index is 0.000000559. The SMILES string of the molecule is CN1CCC(N(C)C(=O)C2CN(S(=O)(=O)c3cccc(C(F)(F)F)c3)c3ccccc32)CC1.O=C(O)C(F)(F)F. The number of likely N-dealkylation sites (N-methyl/N-ethyl adjacent to an activating group) is 1. The van der Waals surface area contributed by atoms with Crippen molar-refractivity contribution >= 4 is 27.6 Å². The Morgan fingerprint density at radius 2 is 1.55 bits per heavy atom. The van der Waals surface area contributed by atoms with Crippen molar-refractivity contribution in [1.82, 2.24) is 9.80 Å². The minimum Gasteiger partial charge on any atom is -0.475 e. The van der Waals surface area contributed by atoms with Gasteiger partial charge in [0.15, 0.2) is 0 Å². The number of alkyl halides is 6. The van der Waals surface area contributed by atoms with Crippen molar-refractivity contribution < 1.29 is 49.5 Å². The van der Waals surface area contributed by atoms with Crippen LogP contribution in [0.3, 0.4) is 0 Å². The summed E-state index contributed by atoms with van der Waals surface area (Å²) in [6.07, 6.45) is -8.08. The number of hydrogen-bond donors (Lipinski definition) is 1. The third-order valence-corrected chi connectivity index (χ3v) is 8.58. The molecule has 1 N–H and O–H groups in total. The second-order valence-electron chi connectivity index (χ2n) is 9.46. The number of halogens is 6. The molecule has 1 unspecified atom stereocenters. The molecule has 2 aromatic rings. The van der Waals surface area contributed by atoms with Gasteiger partial charge in [0.2, 0.25) is 5.91 Å². The van der Waals surface area contributed by atoms with Crippen molar-refractivity contribution in [2.75, 3.05) is 38.0 Å². The first-order valence-electron chi connectivity index (χ1n) is 12.0. The summed E-state index contributed by atoms with van der Waals surface area (Å²) in [4.78, 5) is 25.8. The van der Waals surface area contributed by atoms with E-state index in [1.54, 1.807) is 36.2 Å². The standard InChI is InChI=1S/C23H26F3N3O3S.C2HF3O2/c1-27-12-10-17(11-13-27)28(2)22(30)20-15-29(21-9-4-3-8-19(20)21)33(31,32)18-7-5-6-16(14-18)23(24,25)26;3-2(4,5)1(6)7/h3-9,14,17,20H,10-13,15H2,1-2H3;(H,6,7). The molecule has 15 heteroatoms. The highest BCUT2D eigenvalue weighted by Crippen LogP contribution is 2.41. The summed E-state index contributed by atoms with van der Waals surface area (Å²) in [6.45, 7) is 1.60. The number of fused-ring (bicyclic) bond motifs is 1. The number of hydrogen-bond acceptors (Lipinski definition) is 5. The molecule has 0 bridgehead atoms. The molecule has 1 atom stereocenters. The van der Waals surface area contributed by atoms with E-state index in [4.69, 9.17) is 9.90 Å². The van der Waals surface area contributed by atoms with Crippen LogP contribution in [0.5, 0.6) is 0 Å². The van der Waals surface area contributed by atoms with E-state index in [0.717, 1.165) is 48.4 Å². The van der Waals surface area contributed by atoms with Gasteiger partial charge in [-0.25, -0.2) is 13.2 Å². The van der Waals surface area contributed by atoms with Crippen LogP contribution in [0.1, 0.15) is 29.9 Å². The van der Waals surface area contributed by atoms with Crippen LogP contribution in [0, 0.1) is 0 Å². The van der Waals surface area contributed by atoms with Gasteiger partial charge in [0.05, 0.1) is 28.6 Å². The van der Waals surface area contributed by atoms with Crippen LogP contribution in [0.4, 0.5) is 32.0 Å². The molecule has 2 aromatic carbocycles. The highest BCUT2D eigenvalue weighted by molar-refractivity contribution is 7.92. The number of piperidine rings is 1. The molecule has 1 fully saturated rings. The van der Waals surface area contributed by atoms with Crippen molar-refractivity contribution in [3.05, 3.63) is 59.7 Å². The summed E-state index contributed by atoms with van der Waals surface area (Å²) >= 11 is 0. The van der Waals surface area contributed by atoms with Crippen LogP contribution >= 0.6 is 0 Å². The Kier molecular flexibility index (Phi) is 9.09. The van der Waals surface area contributed by atoms with Gasteiger partial charge in [0, 0.05) is 13.1 Å². The molecule has 4 rings (SSSR count). The minimum atomic E-state index is -5.08. The number of benzene rings is 2. The lowest BCUT2D eigenvalue weighted by Crippen LogP contribution is -2.46. The van der Waals surface area contributed by atoms with E-state index in [1.165, 1.54) is 0 Å². The number of carbonyl (C=O) groups is 2. The highest BCUT2D eigenvalue weighted by Gasteiger charge is 2.42. The molecule has 1 saturated heterocycles. The summed E-state index contributed by atoms with van der Waals surface area (Å²) in [5.41, 5.74) is -0.145. The van der Waals surface area contributed by atoms with Gasteiger partial charge in [0.25, 0.3) is 10.0 Å². The number of amides is 1. The van der Waals surface area contributed by atoms with Gasteiger partial charge in [-0.1, -0.05) is 24.3 Å². The molecule has 8 nitrogen and oxygen atoms in total. The maximum atomic E-state index is 13.4. The Hall–Kier alpha value is -3.33. The largest absolute Gasteiger partial charge is 0.490 e. The predicted octanol–water partition coefficient (Wildman–Crippen LogP) is 4.18. The molecule has 40 heavy (non-hydrogen) atoms. The van der Waals surface area contributed by atoms with E-state index in [-0.39, 0.29) is 18.5 Å². The summed E-state index contributed by atoms with van der Waals surface area (Å²) in [5.74, 6) is -3.65. The van der Waals surface area contributed by atoms with E-state index in [9.17, 15) is 39.6 Å². The average molecular weight is 596 g/mol. The Bertz CT molecular complexity index is 1340. The lowest BCUT2D eigenvalue weighted by Gasteiger charge is -2.36. The van der Waals surface area contributed by atoms with Gasteiger partial charge in [-0.3, -0.25) is 9.10 Å². The Labute approximate surface area is 226 Å². The third-order valence-electron chi connectivity index (χ3n) is 6.80. The first-order valence-corrected chi connectivity index (χ1v) is 13.4. The molecule has 0 radical (unpaired) electrons. The number of likely N-dealkylation sites (tertiary alicyclic amines) is 1. The molecule has 0 spiro atoms. The Morgan fingerprint density at radius 1 is 0.975 bits per heavy atom. The topological polar surface area (TPSA) is 98.2 Å². The number of rotatable bonds is 4. The summed E-state index contributed by atoms with van der Waals surface area (Å²) in [7, 11) is -0.533. The normalized spacial score (nSPS) is 18.5. The van der Waals surface area contributed by atoms with Crippen molar-refractivity contribution in [3.63, 3.8) is 0 Å². The van der Waals surface area contributed by atoms with Crippen LogP contribution in [0.2, 0.25) is 0 Å². The van der Waals surface area contributed by atoms with Gasteiger partial charge in [-0.2, -0.15) is 26.3 Å². The number of nitrogens with zero attached hydrogens (tertiary/aromatic N) is 3. The fourth-order valence-electron chi connectivity index (χ4n) is 4.58. The summed E-state index contributed by atoms with van der Waals surface area (Å²) in [5, 5.41) is 7.12. The molecule has 0 aliphatic carbocycles. The molecule has 0 aromatic heterocycles. The zero-order chi connectivity index (χ0) is 30.0. The number of aliphatic carboxylic acids is 1. The predicted molar refractivity (Wildman–Crippen MR) is 132 cm³/mol. The van der Waals surface area contributed by atoms with Crippen LogP contribution in [-0.4, -0.2) is 81.1 Å². The third kappa shape index (κ3) is 6.86. The van der Waals surface area contributed by atoms with Crippen LogP contribution in [-0.2, 0) is 25.8 Å². The molecule has 1 amide bonds. The van der Waals surface area contributed by atoms with E-state index in [1.807, 2.05) is 7.05 Å². The number of carboxylic acids is 1. The zero-order valence-corrected chi connectivity index (χ0v) is 22.2. The van der Waals surface area contributed by atoms with E-state index in [2.05, 4.69) is 4.90 Å². The smallest absolute Gasteiger partial charge is 0.475 e. The number of para-hydroxylation sites is 1. The van der Waals surface area contributed by atoms with Crippen LogP contribution in [0.25, 0.3) is 0 Å². The number of sulfonamides is 1. The highest BCUT2D eigenvalue weighted by atomic mass is 32.2. The first kappa shape index (κ1) is 31.2. The fourth-order valence-corrected chi connectivity index (χ4v) is 6.13. The molecular weight excluding hydrogens is 568 g/mol. The Morgan fingerprint density at radius 3 is 2.10 bits per heavy atom. The molecule has 2 aliphatic rings. The second kappa shape index (κ2) is 11.6. The quantitative estimate of drug-likeness (QED) is 0.533. The molecule has 0 saturated carbocycles. The minimum absolute atomic E-state index is 0.0648. The van der Waals surface area contributed by atoms with Crippen molar-refractivity contribution in [2.24, 2.45) is 0 Å². The maximum Gasteiger partial charge on any atom is 0.490 e. The first-order chi connectivity index (χ1) is 18.4. The second-order valence-corrected chi connectivity index (χ2v) is 11.3. The van der Waals surface area contributed by atoms with Crippen LogP contribution in [0.15, 0.2) is 53.4 Å². The van der Waals surface area contributed by atoms with E-state index < -0.39 is 44.7 Å². The average Bonchev–Trinajstić information content (AvgIpc) is 3.28. The van der Waals surface area contributed by atoms with Gasteiger partial charge < -0.3 is 14.9 Å². The molecular formula is C25H27F6N3O5S. The summed E-state index contributed by atoms with van der Waals surface area (Å²) < 4.78 is 99.1. The van der Waals surface area contributed by atoms with Gasteiger partial charge in [0.1, 0.15) is 0 Å². The van der Waals surface area contributed by atoms with Gasteiger partial charge >= 0.3 is 18.3 Å². The molecule has 2 heterocycles. The van der Waals surface area contributed by atoms with Crippen molar-refractivity contribution in [1.29, 1.82) is 0 Å². The molecule has 2 aliphatic heterocycles. The zero-order valence-electron chi connectivity index (χ0n) is 21.4. The maximum absolute atomic E-state index is 13.4. The number of carbonyl (C=O) groups excluding carboxylic acids is 1. The lowest BCUT2D eigenvalue weighted by atomic mass is 9.97. The molecule has 220 valence electrons. The van der Waals surface area contributed by atoms with E-state index >= 15 is 0 Å². The van der Waals surface area contributed by atoms with Crippen molar-refractivity contribution in [3.8, 4) is 0 Å². The monoisotopic (exact) mass is 595 g/mol. The van der Waals surface area contributed by atoms with Gasteiger partial charge in [-0.15, -0.1) is 0 Å². The van der Waals surface area contributed by atoms with Gasteiger partial charge in [-0.05, 0) is 62.8 Å². The van der Waals surface area contributed by atoms with Crippen molar-refractivity contribution in [2.45, 2.75) is 42.0 Å². The fraction of sp³-hybridized carbons (Fsp3) is 0.440. The van der Waals surface area contributed by atoms with E-state index in [0.29, 0.717) is 17.3 Å².